The van der Waals surface area contributed by atoms with Gasteiger partial charge < -0.3 is 19.0 Å². The third-order valence-corrected chi connectivity index (χ3v) is 7.26. The van der Waals surface area contributed by atoms with Crippen LogP contribution in [0.25, 0.3) is 17.4 Å². The maximum Gasteiger partial charge on any atom is 0.338 e. The van der Waals surface area contributed by atoms with E-state index in [2.05, 4.69) is 4.99 Å². The summed E-state index contributed by atoms with van der Waals surface area (Å²) < 4.78 is 18.6. The highest BCUT2D eigenvalue weighted by atomic mass is 32.1. The lowest BCUT2D eigenvalue weighted by Gasteiger charge is -2.25. The molecule has 10 heteroatoms. The van der Waals surface area contributed by atoms with Gasteiger partial charge in [0.2, 0.25) is 0 Å². The zero-order valence-corrected chi connectivity index (χ0v) is 22.2. The topological polar surface area (TPSA) is 120 Å². The van der Waals surface area contributed by atoms with Crippen LogP contribution in [0.15, 0.2) is 86.1 Å². The number of furan rings is 1. The monoisotopic (exact) mass is 544 g/mol. The number of nitrogens with zero attached hydrogens (tertiary/aromatic N) is 2. The van der Waals surface area contributed by atoms with E-state index in [0.29, 0.717) is 43.4 Å². The van der Waals surface area contributed by atoms with Crippen molar-refractivity contribution >= 4 is 29.4 Å². The summed E-state index contributed by atoms with van der Waals surface area (Å²) >= 11 is 1.16. The SMILES string of the molecule is CCOC(=O)C1=C(C)N=c2s/c(=C\c3ccc(-c4ccccc4C(=O)O)o3)c(=O)n2C1c1ccccc1OC. The van der Waals surface area contributed by atoms with Crippen molar-refractivity contribution in [3.05, 3.63) is 109 Å². The van der Waals surface area contributed by atoms with Gasteiger partial charge in [-0.05, 0) is 38.1 Å². The molecule has 0 fully saturated rings. The third-order valence-electron chi connectivity index (χ3n) is 6.27. The van der Waals surface area contributed by atoms with Gasteiger partial charge in [-0.15, -0.1) is 0 Å². The highest BCUT2D eigenvalue weighted by Crippen LogP contribution is 2.35. The summed E-state index contributed by atoms with van der Waals surface area (Å²) in [6.07, 6.45) is 1.58. The van der Waals surface area contributed by atoms with E-state index in [9.17, 15) is 19.5 Å². The second-order valence-electron chi connectivity index (χ2n) is 8.60. The average molecular weight is 545 g/mol. The number of fused-ring (bicyclic) bond motifs is 1. The number of carboxylic acids is 1. The molecule has 4 aromatic rings. The molecule has 0 bridgehead atoms. The van der Waals surface area contributed by atoms with Crippen LogP contribution >= 0.6 is 11.3 Å². The van der Waals surface area contributed by atoms with Gasteiger partial charge in [0.25, 0.3) is 5.56 Å². The minimum absolute atomic E-state index is 0.108. The summed E-state index contributed by atoms with van der Waals surface area (Å²) in [6.45, 7) is 3.60. The number of carbonyl (C=O) groups is 2. The molecular formula is C29H24N2O7S. The molecule has 5 rings (SSSR count). The molecule has 1 unspecified atom stereocenters. The Labute approximate surface area is 226 Å². The summed E-state index contributed by atoms with van der Waals surface area (Å²) in [6, 6.07) is 16.2. The smallest absolute Gasteiger partial charge is 0.338 e. The highest BCUT2D eigenvalue weighted by molar-refractivity contribution is 7.07. The fraction of sp³-hybridized carbons (Fsp3) is 0.172. The first-order valence-corrected chi connectivity index (χ1v) is 12.9. The van der Waals surface area contributed by atoms with Crippen molar-refractivity contribution in [1.82, 2.24) is 4.57 Å². The lowest BCUT2D eigenvalue weighted by molar-refractivity contribution is -0.139. The van der Waals surface area contributed by atoms with Gasteiger partial charge >= 0.3 is 11.9 Å². The van der Waals surface area contributed by atoms with Crippen LogP contribution in [0.4, 0.5) is 0 Å². The van der Waals surface area contributed by atoms with Crippen LogP contribution in [0, 0.1) is 0 Å². The summed E-state index contributed by atoms with van der Waals surface area (Å²) in [5.41, 5.74) is 1.49. The second-order valence-corrected chi connectivity index (χ2v) is 9.61. The third kappa shape index (κ3) is 4.70. The van der Waals surface area contributed by atoms with Crippen molar-refractivity contribution in [2.45, 2.75) is 19.9 Å². The summed E-state index contributed by atoms with van der Waals surface area (Å²) in [5, 5.41) is 9.52. The summed E-state index contributed by atoms with van der Waals surface area (Å²) in [7, 11) is 1.53. The number of carbonyl (C=O) groups excluding carboxylic acids is 1. The molecule has 0 radical (unpaired) electrons. The number of aromatic nitrogens is 1. The Kier molecular flexibility index (Phi) is 7.03. The van der Waals surface area contributed by atoms with E-state index in [1.807, 2.05) is 12.1 Å². The van der Waals surface area contributed by atoms with E-state index in [1.165, 1.54) is 17.7 Å². The van der Waals surface area contributed by atoms with Gasteiger partial charge in [-0.3, -0.25) is 9.36 Å². The number of allylic oxidation sites excluding steroid dienone is 1. The maximum absolute atomic E-state index is 13.8. The number of benzene rings is 2. The Morgan fingerprint density at radius 1 is 1.13 bits per heavy atom. The normalized spacial score (nSPS) is 15.1. The number of aromatic carboxylic acids is 1. The minimum Gasteiger partial charge on any atom is -0.496 e. The van der Waals surface area contributed by atoms with Crippen LogP contribution in [0.2, 0.25) is 0 Å². The van der Waals surface area contributed by atoms with Crippen LogP contribution in [0.5, 0.6) is 5.75 Å². The number of thiazole rings is 1. The summed E-state index contributed by atoms with van der Waals surface area (Å²) in [5.74, 6) is -0.385. The van der Waals surface area contributed by atoms with Gasteiger partial charge in [0.05, 0.1) is 35.1 Å². The number of methoxy groups -OCH3 is 1. The molecule has 9 nitrogen and oxygen atoms in total. The van der Waals surface area contributed by atoms with Crippen molar-refractivity contribution in [3.8, 4) is 17.1 Å². The van der Waals surface area contributed by atoms with E-state index in [1.54, 1.807) is 62.4 Å². The number of hydrogen-bond acceptors (Lipinski definition) is 8. The van der Waals surface area contributed by atoms with E-state index < -0.39 is 18.0 Å². The van der Waals surface area contributed by atoms with E-state index >= 15 is 0 Å². The molecule has 0 aliphatic carbocycles. The predicted octanol–water partition coefficient (Wildman–Crippen LogP) is 3.77. The van der Waals surface area contributed by atoms with E-state index in [-0.39, 0.29) is 23.3 Å². The first-order chi connectivity index (χ1) is 18.8. The number of para-hydroxylation sites is 1. The zero-order valence-electron chi connectivity index (χ0n) is 21.3. The average Bonchev–Trinajstić information content (AvgIpc) is 3.52. The van der Waals surface area contributed by atoms with Crippen molar-refractivity contribution in [2.75, 3.05) is 13.7 Å². The molecule has 3 heterocycles. The van der Waals surface area contributed by atoms with Crippen LogP contribution in [-0.2, 0) is 9.53 Å². The molecule has 39 heavy (non-hydrogen) atoms. The van der Waals surface area contributed by atoms with E-state index in [0.717, 1.165) is 11.3 Å². The van der Waals surface area contributed by atoms with Gasteiger partial charge in [-0.2, -0.15) is 0 Å². The predicted molar refractivity (Wildman–Crippen MR) is 144 cm³/mol. The van der Waals surface area contributed by atoms with Gasteiger partial charge in [-0.1, -0.05) is 47.7 Å². The van der Waals surface area contributed by atoms with Crippen LogP contribution in [0.1, 0.15) is 41.6 Å². The number of hydrogen-bond donors (Lipinski definition) is 1. The summed E-state index contributed by atoms with van der Waals surface area (Å²) in [4.78, 5) is 43.5. The first kappa shape index (κ1) is 25.9. The molecule has 198 valence electrons. The Morgan fingerprint density at radius 3 is 2.62 bits per heavy atom. The van der Waals surface area contributed by atoms with Gasteiger partial charge in [0, 0.05) is 17.2 Å². The first-order valence-electron chi connectivity index (χ1n) is 12.1. The number of ether oxygens (including phenoxy) is 2. The Bertz CT molecular complexity index is 1810. The molecule has 2 aromatic heterocycles. The molecule has 1 aliphatic rings. The fourth-order valence-electron chi connectivity index (χ4n) is 4.57. The molecule has 0 spiro atoms. The molecule has 0 saturated carbocycles. The lowest BCUT2D eigenvalue weighted by Crippen LogP contribution is -2.40. The van der Waals surface area contributed by atoms with Gasteiger partial charge in [0.1, 0.15) is 23.3 Å². The molecule has 1 atom stereocenters. The highest BCUT2D eigenvalue weighted by Gasteiger charge is 2.35. The largest absolute Gasteiger partial charge is 0.496 e. The van der Waals surface area contributed by atoms with Crippen molar-refractivity contribution in [3.63, 3.8) is 0 Å². The van der Waals surface area contributed by atoms with Crippen molar-refractivity contribution in [2.24, 2.45) is 4.99 Å². The van der Waals surface area contributed by atoms with Crippen LogP contribution in [-0.4, -0.2) is 35.3 Å². The molecule has 1 N–H and O–H groups in total. The second kappa shape index (κ2) is 10.6. The van der Waals surface area contributed by atoms with Crippen LogP contribution < -0.4 is 19.6 Å². The quantitative estimate of drug-likeness (QED) is 0.352. The lowest BCUT2D eigenvalue weighted by atomic mass is 9.95. The van der Waals surface area contributed by atoms with Crippen molar-refractivity contribution in [1.29, 1.82) is 0 Å². The number of esters is 1. The number of carboxylic acid groups (broad SMARTS) is 1. The minimum atomic E-state index is -1.07. The van der Waals surface area contributed by atoms with Crippen LogP contribution in [0.3, 0.4) is 0 Å². The Morgan fingerprint density at radius 2 is 1.87 bits per heavy atom. The fourth-order valence-corrected chi connectivity index (χ4v) is 5.59. The molecule has 1 aliphatic heterocycles. The Hall–Kier alpha value is -4.70. The standard InChI is InChI=1S/C29H24N2O7S/c1-4-37-28(35)24-16(2)30-29-31(25(24)20-11-7-8-12-21(20)36-3)26(32)23(39-29)15-17-13-14-22(38-17)18-9-5-6-10-19(18)27(33)34/h5-15,25H,4H2,1-3H3,(H,33,34)/b23-15-. The van der Waals surface area contributed by atoms with Gasteiger partial charge in [0.15, 0.2) is 4.80 Å². The Balaban J connectivity index is 1.66. The number of rotatable bonds is 7. The molecular weight excluding hydrogens is 520 g/mol. The van der Waals surface area contributed by atoms with Gasteiger partial charge in [-0.25, -0.2) is 14.6 Å². The maximum atomic E-state index is 13.8. The van der Waals surface area contributed by atoms with E-state index in [4.69, 9.17) is 13.9 Å². The molecule has 2 aromatic carbocycles. The zero-order chi connectivity index (χ0) is 27.7. The van der Waals surface area contributed by atoms with Crippen molar-refractivity contribution < 1.29 is 28.6 Å². The molecule has 0 amide bonds. The molecule has 0 saturated heterocycles.